The molecule has 0 amide bonds. The fraction of sp³-hybridized carbons (Fsp3) is 0.562. The van der Waals surface area contributed by atoms with E-state index in [-0.39, 0.29) is 33.7 Å². The summed E-state index contributed by atoms with van der Waals surface area (Å²) in [6.45, 7) is 2.07. The van der Waals surface area contributed by atoms with Crippen LogP contribution in [0, 0.1) is 23.2 Å². The first-order valence-electron chi connectivity index (χ1n) is 7.36. The van der Waals surface area contributed by atoms with Gasteiger partial charge in [0.1, 0.15) is 0 Å². The van der Waals surface area contributed by atoms with Gasteiger partial charge in [-0.05, 0) is 43.7 Å². The van der Waals surface area contributed by atoms with Crippen LogP contribution in [-0.2, 0) is 23.8 Å². The second-order valence-electron chi connectivity index (χ2n) is 7.00. The molecule has 3 aliphatic carbocycles. The minimum Gasteiger partial charge on any atom is -0.469 e. The molecule has 22 heavy (non-hydrogen) atoms. The van der Waals surface area contributed by atoms with Crippen molar-refractivity contribution in [3.63, 3.8) is 0 Å². The fourth-order valence-corrected chi connectivity index (χ4v) is 5.59. The van der Waals surface area contributed by atoms with Gasteiger partial charge in [0.25, 0.3) is 10.1 Å². The number of benzene rings is 1. The van der Waals surface area contributed by atoms with Crippen molar-refractivity contribution in [3.05, 3.63) is 29.8 Å². The molecule has 0 heterocycles. The van der Waals surface area contributed by atoms with E-state index in [9.17, 15) is 13.2 Å². The molecular weight excluding hydrogens is 304 g/mol. The summed E-state index contributed by atoms with van der Waals surface area (Å²) >= 11 is 0. The number of hydrogen-bond donors (Lipinski definition) is 0. The first-order chi connectivity index (χ1) is 10.3. The van der Waals surface area contributed by atoms with Crippen molar-refractivity contribution in [1.82, 2.24) is 0 Å². The predicted molar refractivity (Wildman–Crippen MR) is 77.5 cm³/mol. The Morgan fingerprint density at radius 1 is 1.18 bits per heavy atom. The molecule has 3 fully saturated rings. The van der Waals surface area contributed by atoms with Crippen LogP contribution >= 0.6 is 0 Å². The zero-order valence-corrected chi connectivity index (χ0v) is 13.4. The van der Waals surface area contributed by atoms with Crippen molar-refractivity contribution >= 4 is 16.1 Å². The van der Waals surface area contributed by atoms with Crippen molar-refractivity contribution in [3.8, 4) is 0 Å². The summed E-state index contributed by atoms with van der Waals surface area (Å²) in [5, 5.41) is 0. The first-order valence-corrected chi connectivity index (χ1v) is 8.76. The van der Waals surface area contributed by atoms with Crippen molar-refractivity contribution in [2.24, 2.45) is 16.2 Å². The molecule has 5 nitrogen and oxygen atoms in total. The van der Waals surface area contributed by atoms with Gasteiger partial charge in [0.15, 0.2) is 0 Å². The lowest BCUT2D eigenvalue weighted by Gasteiger charge is -2.31. The van der Waals surface area contributed by atoms with E-state index in [4.69, 9.17) is 8.92 Å². The Labute approximate surface area is 129 Å². The molecule has 0 saturated heterocycles. The van der Waals surface area contributed by atoms with E-state index < -0.39 is 10.1 Å². The third kappa shape index (κ3) is 1.52. The SMILES string of the molecule is COC(=O)C12CC3(COS(=O)(=O)c4ccc(C)cc4)CC31C2. The maximum atomic E-state index is 12.2. The Hall–Kier alpha value is -1.40. The van der Waals surface area contributed by atoms with E-state index in [1.54, 1.807) is 24.3 Å². The summed E-state index contributed by atoms with van der Waals surface area (Å²) < 4.78 is 34.6. The number of hydrogen-bond acceptors (Lipinski definition) is 5. The Morgan fingerprint density at radius 3 is 2.45 bits per heavy atom. The van der Waals surface area contributed by atoms with Crippen molar-refractivity contribution in [2.45, 2.75) is 31.1 Å². The van der Waals surface area contributed by atoms with E-state index in [1.165, 1.54) is 7.11 Å². The number of rotatable bonds is 5. The minimum atomic E-state index is -3.73. The number of esters is 1. The molecular formula is C16H18O5S. The van der Waals surface area contributed by atoms with Crippen LogP contribution in [0.15, 0.2) is 29.2 Å². The normalized spacial score (nSPS) is 37.5. The van der Waals surface area contributed by atoms with Crippen LogP contribution in [0.2, 0.25) is 0 Å². The average Bonchev–Trinajstić information content (AvgIpc) is 3.26. The van der Waals surface area contributed by atoms with Crippen molar-refractivity contribution < 1.29 is 22.1 Å². The molecule has 4 rings (SSSR count). The maximum absolute atomic E-state index is 12.2. The molecule has 0 aromatic heterocycles. The topological polar surface area (TPSA) is 69.7 Å². The van der Waals surface area contributed by atoms with Gasteiger partial charge in [-0.1, -0.05) is 17.7 Å². The number of carbonyl (C=O) groups is 1. The highest BCUT2D eigenvalue weighted by molar-refractivity contribution is 7.86. The highest BCUT2D eigenvalue weighted by Crippen LogP contribution is 3.00. The zero-order valence-electron chi connectivity index (χ0n) is 12.6. The molecule has 3 atom stereocenters. The van der Waals surface area contributed by atoms with E-state index in [2.05, 4.69) is 0 Å². The van der Waals surface area contributed by atoms with Gasteiger partial charge in [-0.2, -0.15) is 8.42 Å². The van der Waals surface area contributed by atoms with E-state index in [0.29, 0.717) is 6.42 Å². The van der Waals surface area contributed by atoms with Gasteiger partial charge in [0.05, 0.1) is 24.0 Å². The molecule has 3 saturated carbocycles. The monoisotopic (exact) mass is 322 g/mol. The quantitative estimate of drug-likeness (QED) is 0.613. The summed E-state index contributed by atoms with van der Waals surface area (Å²) in [6, 6.07) is 6.61. The average molecular weight is 322 g/mol. The first kappa shape index (κ1) is 14.2. The lowest BCUT2D eigenvalue weighted by molar-refractivity contribution is -0.152. The van der Waals surface area contributed by atoms with E-state index >= 15 is 0 Å². The largest absolute Gasteiger partial charge is 0.469 e. The molecule has 0 radical (unpaired) electrons. The third-order valence-corrected chi connectivity index (χ3v) is 7.22. The van der Waals surface area contributed by atoms with Gasteiger partial charge in [0.2, 0.25) is 0 Å². The van der Waals surface area contributed by atoms with Crippen LogP contribution in [0.4, 0.5) is 0 Å². The Kier molecular flexibility index (Phi) is 2.53. The molecule has 0 N–H and O–H groups in total. The highest BCUT2D eigenvalue weighted by atomic mass is 32.2. The number of carbonyl (C=O) groups excluding carboxylic acids is 1. The molecule has 3 unspecified atom stereocenters. The van der Waals surface area contributed by atoms with E-state index in [0.717, 1.165) is 18.4 Å². The maximum Gasteiger partial charge on any atom is 0.312 e. The van der Waals surface area contributed by atoms with Gasteiger partial charge >= 0.3 is 5.97 Å². The van der Waals surface area contributed by atoms with Gasteiger partial charge in [0, 0.05) is 5.41 Å². The van der Waals surface area contributed by atoms with Crippen LogP contribution < -0.4 is 0 Å². The van der Waals surface area contributed by atoms with Crippen LogP contribution in [0.3, 0.4) is 0 Å². The molecule has 0 aliphatic heterocycles. The standard InChI is InChI=1S/C16H18O5S/c1-11-3-5-12(6-4-11)22(18,19)21-10-14-7-15(13(17)20-2)9-16(14,15)8-14/h3-6H,7-10H2,1-2H3. The number of methoxy groups -OCH3 is 1. The molecule has 6 heteroatoms. The highest BCUT2D eigenvalue weighted by Gasteiger charge is 2.99. The lowest BCUT2D eigenvalue weighted by atomic mass is 9.75. The van der Waals surface area contributed by atoms with Crippen LogP contribution in [-0.4, -0.2) is 28.1 Å². The zero-order chi connectivity index (χ0) is 15.8. The third-order valence-electron chi connectivity index (χ3n) is 5.94. The second-order valence-corrected chi connectivity index (χ2v) is 8.61. The molecule has 1 spiro atoms. The molecule has 118 valence electrons. The summed E-state index contributed by atoms with van der Waals surface area (Å²) in [5.74, 6) is -0.151. The summed E-state index contributed by atoms with van der Waals surface area (Å²) in [6.07, 6.45) is 2.38. The Bertz CT molecular complexity index is 768. The smallest absolute Gasteiger partial charge is 0.312 e. The van der Waals surface area contributed by atoms with Gasteiger partial charge in [-0.25, -0.2) is 0 Å². The van der Waals surface area contributed by atoms with Crippen LogP contribution in [0.25, 0.3) is 0 Å². The Morgan fingerprint density at radius 2 is 1.86 bits per heavy atom. The second kappa shape index (κ2) is 3.92. The fourth-order valence-electron chi connectivity index (χ4n) is 4.60. The van der Waals surface area contributed by atoms with Crippen molar-refractivity contribution in [2.75, 3.05) is 13.7 Å². The predicted octanol–water partition coefficient (Wildman–Crippen LogP) is 2.04. The number of ether oxygens (including phenoxy) is 1. The Balaban J connectivity index is 1.44. The lowest BCUT2D eigenvalue weighted by Crippen LogP contribution is -2.36. The van der Waals surface area contributed by atoms with Crippen molar-refractivity contribution in [1.29, 1.82) is 0 Å². The molecule has 1 aromatic rings. The van der Waals surface area contributed by atoms with E-state index in [1.807, 2.05) is 6.92 Å². The molecule has 0 bridgehead atoms. The summed E-state index contributed by atoms with van der Waals surface area (Å²) in [7, 11) is -2.32. The summed E-state index contributed by atoms with van der Waals surface area (Å²) in [4.78, 5) is 12.0. The van der Waals surface area contributed by atoms with Crippen LogP contribution in [0.5, 0.6) is 0 Å². The number of aryl methyl sites for hydroxylation is 1. The summed E-state index contributed by atoms with van der Waals surface area (Å²) in [5.41, 5.74) is 0.506. The van der Waals surface area contributed by atoms with Gasteiger partial charge < -0.3 is 4.74 Å². The molecule has 1 aromatic carbocycles. The minimum absolute atomic E-state index is 0.0319. The van der Waals surface area contributed by atoms with Crippen LogP contribution in [0.1, 0.15) is 24.8 Å². The van der Waals surface area contributed by atoms with Gasteiger partial charge in [-0.3, -0.25) is 8.98 Å². The van der Waals surface area contributed by atoms with Gasteiger partial charge in [-0.15, -0.1) is 0 Å². The molecule has 3 aliphatic rings.